The molecule has 0 aromatic heterocycles. The van der Waals surface area contributed by atoms with Gasteiger partial charge in [-0.05, 0) is 25.2 Å². The van der Waals surface area contributed by atoms with Gasteiger partial charge < -0.3 is 4.74 Å². The minimum atomic E-state index is -0.319. The molecule has 0 aromatic rings. The first-order chi connectivity index (χ1) is 7.19. The van der Waals surface area contributed by atoms with Crippen molar-refractivity contribution in [1.82, 2.24) is 0 Å². The minimum absolute atomic E-state index is 0.0836. The zero-order chi connectivity index (χ0) is 10.9. The molecule has 2 fully saturated rings. The summed E-state index contributed by atoms with van der Waals surface area (Å²) >= 11 is 0. The van der Waals surface area contributed by atoms with E-state index in [1.165, 1.54) is 7.11 Å². The zero-order valence-electron chi connectivity index (χ0n) is 9.25. The lowest BCUT2D eigenvalue weighted by Crippen LogP contribution is -2.45. The number of rotatable bonds is 1. The summed E-state index contributed by atoms with van der Waals surface area (Å²) in [6, 6.07) is 0. The molecule has 0 radical (unpaired) electrons. The van der Waals surface area contributed by atoms with E-state index in [2.05, 4.69) is 0 Å². The highest BCUT2D eigenvalue weighted by molar-refractivity contribution is 5.85. The van der Waals surface area contributed by atoms with Gasteiger partial charge in [-0.25, -0.2) is 0 Å². The van der Waals surface area contributed by atoms with Crippen LogP contribution >= 0.6 is 0 Å². The molecule has 15 heavy (non-hydrogen) atoms. The predicted octanol–water partition coefficient (Wildman–Crippen LogP) is 2.09. The largest absolute Gasteiger partial charge is 0.469 e. The molecule has 0 spiro atoms. The Balaban J connectivity index is 2.23. The Bertz CT molecular complexity index is 285. The normalized spacial score (nSPS) is 35.8. The molecule has 2 aliphatic rings. The maximum atomic E-state index is 11.9. The van der Waals surface area contributed by atoms with E-state index in [4.69, 9.17) is 4.74 Å². The van der Waals surface area contributed by atoms with E-state index in [1.54, 1.807) is 0 Å². The van der Waals surface area contributed by atoms with Crippen LogP contribution in [0.1, 0.15) is 44.9 Å². The average Bonchev–Trinajstić information content (AvgIpc) is 2.28. The molecule has 0 amide bonds. The molecule has 0 aromatic carbocycles. The monoisotopic (exact) mass is 210 g/mol. The standard InChI is InChI=1S/C12H18O3/c1-15-11(14)12-6-3-2-4-9(12)8-10(13)5-7-12/h9H,2-8H2,1H3/t9-,12+/m1/s1. The second-order valence-electron chi connectivity index (χ2n) is 4.83. The molecule has 84 valence electrons. The zero-order valence-corrected chi connectivity index (χ0v) is 9.25. The highest BCUT2D eigenvalue weighted by Gasteiger charge is 2.50. The highest BCUT2D eigenvalue weighted by atomic mass is 16.5. The molecule has 0 unspecified atom stereocenters. The summed E-state index contributed by atoms with van der Waals surface area (Å²) in [4.78, 5) is 23.3. The molecule has 2 saturated carbocycles. The average molecular weight is 210 g/mol. The summed E-state index contributed by atoms with van der Waals surface area (Å²) in [6.07, 6.45) is 6.04. The number of hydrogen-bond donors (Lipinski definition) is 0. The van der Waals surface area contributed by atoms with Crippen LogP contribution in [-0.4, -0.2) is 18.9 Å². The molecule has 3 nitrogen and oxygen atoms in total. The third-order valence-corrected chi connectivity index (χ3v) is 4.12. The van der Waals surface area contributed by atoms with Crippen molar-refractivity contribution in [2.75, 3.05) is 7.11 Å². The van der Waals surface area contributed by atoms with Crippen molar-refractivity contribution in [1.29, 1.82) is 0 Å². The Labute approximate surface area is 90.2 Å². The van der Waals surface area contributed by atoms with E-state index in [0.717, 1.165) is 25.7 Å². The Morgan fingerprint density at radius 2 is 2.20 bits per heavy atom. The molecule has 0 bridgehead atoms. The summed E-state index contributed by atoms with van der Waals surface area (Å²) in [6.45, 7) is 0. The summed E-state index contributed by atoms with van der Waals surface area (Å²) < 4.78 is 4.93. The molecule has 2 atom stereocenters. The number of hydrogen-bond acceptors (Lipinski definition) is 3. The number of fused-ring (bicyclic) bond motifs is 1. The number of Topliss-reactive ketones (excluding diaryl/α,β-unsaturated/α-hetero) is 1. The van der Waals surface area contributed by atoms with Gasteiger partial charge in [-0.15, -0.1) is 0 Å². The smallest absolute Gasteiger partial charge is 0.312 e. The third-order valence-electron chi connectivity index (χ3n) is 4.12. The predicted molar refractivity (Wildman–Crippen MR) is 55.3 cm³/mol. The van der Waals surface area contributed by atoms with Crippen molar-refractivity contribution >= 4 is 11.8 Å². The lowest BCUT2D eigenvalue weighted by Gasteiger charge is -2.44. The van der Waals surface area contributed by atoms with E-state index >= 15 is 0 Å². The van der Waals surface area contributed by atoms with Crippen LogP contribution in [0.3, 0.4) is 0 Å². The van der Waals surface area contributed by atoms with Crippen molar-refractivity contribution < 1.29 is 14.3 Å². The van der Waals surface area contributed by atoms with Gasteiger partial charge in [-0.2, -0.15) is 0 Å². The minimum Gasteiger partial charge on any atom is -0.469 e. The highest BCUT2D eigenvalue weighted by Crippen LogP contribution is 2.50. The number of esters is 1. The van der Waals surface area contributed by atoms with E-state index in [-0.39, 0.29) is 17.3 Å². The Hall–Kier alpha value is -0.860. The number of ether oxygens (including phenoxy) is 1. The van der Waals surface area contributed by atoms with Gasteiger partial charge in [0, 0.05) is 12.8 Å². The van der Waals surface area contributed by atoms with Crippen LogP contribution < -0.4 is 0 Å². The van der Waals surface area contributed by atoms with E-state index in [1.807, 2.05) is 0 Å². The maximum Gasteiger partial charge on any atom is 0.312 e. The van der Waals surface area contributed by atoms with Gasteiger partial charge >= 0.3 is 5.97 Å². The lowest BCUT2D eigenvalue weighted by molar-refractivity contribution is -0.163. The Morgan fingerprint density at radius 3 is 2.93 bits per heavy atom. The van der Waals surface area contributed by atoms with Gasteiger partial charge in [0.2, 0.25) is 0 Å². The summed E-state index contributed by atoms with van der Waals surface area (Å²) in [5, 5.41) is 0. The quantitative estimate of drug-likeness (QED) is 0.622. The fourth-order valence-electron chi connectivity index (χ4n) is 3.25. The van der Waals surface area contributed by atoms with Crippen molar-refractivity contribution in [2.45, 2.75) is 44.9 Å². The van der Waals surface area contributed by atoms with Gasteiger partial charge in [-0.1, -0.05) is 12.8 Å². The third kappa shape index (κ3) is 1.68. The summed E-state index contributed by atoms with van der Waals surface area (Å²) in [7, 11) is 1.46. The van der Waals surface area contributed by atoms with E-state index < -0.39 is 0 Å². The van der Waals surface area contributed by atoms with Crippen LogP contribution in [0.4, 0.5) is 0 Å². The molecular formula is C12H18O3. The van der Waals surface area contributed by atoms with Crippen molar-refractivity contribution in [3.63, 3.8) is 0 Å². The molecule has 0 heterocycles. The van der Waals surface area contributed by atoms with E-state index in [0.29, 0.717) is 25.0 Å². The molecule has 0 saturated heterocycles. The van der Waals surface area contributed by atoms with Crippen LogP contribution in [0.5, 0.6) is 0 Å². The number of ketones is 1. The first kappa shape index (κ1) is 10.7. The number of methoxy groups -OCH3 is 1. The van der Waals surface area contributed by atoms with Gasteiger partial charge in [0.1, 0.15) is 5.78 Å². The topological polar surface area (TPSA) is 43.4 Å². The number of carbonyl (C=O) groups excluding carboxylic acids is 2. The lowest BCUT2D eigenvalue weighted by atomic mass is 9.59. The van der Waals surface area contributed by atoms with Gasteiger partial charge in [0.15, 0.2) is 0 Å². The molecule has 3 heteroatoms. The second-order valence-corrected chi connectivity index (χ2v) is 4.83. The van der Waals surface area contributed by atoms with Crippen LogP contribution in [0.2, 0.25) is 0 Å². The summed E-state index contributed by atoms with van der Waals surface area (Å²) in [5.74, 6) is 0.487. The van der Waals surface area contributed by atoms with Crippen molar-refractivity contribution in [2.24, 2.45) is 11.3 Å². The van der Waals surface area contributed by atoms with Gasteiger partial charge in [0.05, 0.1) is 12.5 Å². The fourth-order valence-corrected chi connectivity index (χ4v) is 3.25. The molecule has 0 aliphatic heterocycles. The molecule has 0 N–H and O–H groups in total. The van der Waals surface area contributed by atoms with Crippen LogP contribution in [0.15, 0.2) is 0 Å². The second kappa shape index (κ2) is 3.95. The number of carbonyl (C=O) groups is 2. The molecular weight excluding hydrogens is 192 g/mol. The van der Waals surface area contributed by atoms with Crippen LogP contribution in [-0.2, 0) is 14.3 Å². The van der Waals surface area contributed by atoms with Crippen molar-refractivity contribution in [3.8, 4) is 0 Å². The molecule has 2 rings (SSSR count). The maximum absolute atomic E-state index is 11.9. The first-order valence-electron chi connectivity index (χ1n) is 5.79. The van der Waals surface area contributed by atoms with Gasteiger partial charge in [-0.3, -0.25) is 9.59 Å². The van der Waals surface area contributed by atoms with Crippen LogP contribution in [0.25, 0.3) is 0 Å². The summed E-state index contributed by atoms with van der Waals surface area (Å²) in [5.41, 5.74) is -0.319. The van der Waals surface area contributed by atoms with Crippen LogP contribution in [0, 0.1) is 11.3 Å². The van der Waals surface area contributed by atoms with Gasteiger partial charge in [0.25, 0.3) is 0 Å². The Morgan fingerprint density at radius 1 is 1.40 bits per heavy atom. The van der Waals surface area contributed by atoms with E-state index in [9.17, 15) is 9.59 Å². The fraction of sp³-hybridized carbons (Fsp3) is 0.833. The molecule has 2 aliphatic carbocycles. The Kier molecular flexibility index (Phi) is 2.81. The first-order valence-corrected chi connectivity index (χ1v) is 5.79. The SMILES string of the molecule is COC(=O)[C@]12CCCC[C@@H]1CC(=O)CC2. The van der Waals surface area contributed by atoms with Crippen molar-refractivity contribution in [3.05, 3.63) is 0 Å².